The van der Waals surface area contributed by atoms with Gasteiger partial charge < -0.3 is 0 Å². The molecule has 0 radical (unpaired) electrons. The van der Waals surface area contributed by atoms with Crippen molar-refractivity contribution in [3.8, 4) is 0 Å². The highest BCUT2D eigenvalue weighted by Crippen LogP contribution is 2.07. The van der Waals surface area contributed by atoms with E-state index in [0.29, 0.717) is 23.0 Å². The second-order valence-electron chi connectivity index (χ2n) is 5.25. The number of unbranched alkanes of at least 4 members (excludes halogenated alkanes) is 1. The van der Waals surface area contributed by atoms with Gasteiger partial charge in [0.25, 0.3) is 0 Å². The van der Waals surface area contributed by atoms with Crippen molar-refractivity contribution in [3.63, 3.8) is 0 Å². The molecule has 0 heterocycles. The van der Waals surface area contributed by atoms with E-state index in [1.807, 2.05) is 60.7 Å². The largest absolute Gasteiger partial charge is 0.259 e. The topological polar surface area (TPSA) is 34.1 Å². The van der Waals surface area contributed by atoms with Crippen LogP contribution in [-0.2, 0) is 33.1 Å². The van der Waals surface area contributed by atoms with E-state index in [9.17, 15) is 8.42 Å². The average molecular weight is 335 g/mol. The van der Waals surface area contributed by atoms with Gasteiger partial charge in [-0.2, -0.15) is 0 Å². The first-order valence-corrected chi connectivity index (χ1v) is 10.5. The minimum Gasteiger partial charge on any atom is -0.259 e. The molecule has 0 aromatic heterocycles. The van der Waals surface area contributed by atoms with Gasteiger partial charge in [0.1, 0.15) is 0 Å². The molecule has 118 valence electrons. The summed E-state index contributed by atoms with van der Waals surface area (Å²) in [5, 5.41) is 0. The van der Waals surface area contributed by atoms with Gasteiger partial charge in [-0.15, -0.1) is 0 Å². The fraction of sp³-hybridized carbons (Fsp3) is 0.333. The molecule has 0 aliphatic rings. The third-order valence-electron chi connectivity index (χ3n) is 3.33. The molecule has 2 rings (SSSR count). The molecule has 0 aliphatic heterocycles. The lowest BCUT2D eigenvalue weighted by atomic mass is 10.2. The van der Waals surface area contributed by atoms with E-state index in [-0.39, 0.29) is 0 Å². The van der Waals surface area contributed by atoms with Gasteiger partial charge in [0.15, 0.2) is 0 Å². The molecule has 0 bridgehead atoms. The Kier molecular flexibility index (Phi) is 7.54. The lowest BCUT2D eigenvalue weighted by Gasteiger charge is -2.04. The van der Waals surface area contributed by atoms with Crippen LogP contribution in [0.1, 0.15) is 24.0 Å². The van der Waals surface area contributed by atoms with Crippen molar-refractivity contribution >= 4 is 21.6 Å². The first-order chi connectivity index (χ1) is 10.7. The summed E-state index contributed by atoms with van der Waals surface area (Å²) in [6.45, 7) is 0. The maximum atomic E-state index is 12.0. The van der Waals surface area contributed by atoms with Crippen LogP contribution in [0.15, 0.2) is 60.7 Å². The van der Waals surface area contributed by atoms with Gasteiger partial charge in [-0.25, -0.2) is 0 Å². The van der Waals surface area contributed by atoms with Crippen LogP contribution in [0.5, 0.6) is 0 Å². The van der Waals surface area contributed by atoms with Crippen LogP contribution in [0, 0.1) is 0 Å². The van der Waals surface area contributed by atoms with E-state index in [4.69, 9.17) is 0 Å². The first-order valence-electron chi connectivity index (χ1n) is 7.52. The van der Waals surface area contributed by atoms with Crippen molar-refractivity contribution < 1.29 is 8.42 Å². The lowest BCUT2D eigenvalue weighted by molar-refractivity contribution is 0.673. The molecule has 0 spiro atoms. The Morgan fingerprint density at radius 1 is 0.591 bits per heavy atom. The van der Waals surface area contributed by atoms with Crippen molar-refractivity contribution in [2.24, 2.45) is 0 Å². The van der Waals surface area contributed by atoms with Crippen molar-refractivity contribution in [1.82, 2.24) is 0 Å². The summed E-state index contributed by atoms with van der Waals surface area (Å²) in [6.07, 6.45) is 1.75. The molecule has 2 atom stereocenters. The standard InChI is InChI=1S/C18H22O2S2/c19-21(15-17-9-3-1-4-10-17)13-7-8-14-22(20)16-18-11-5-2-6-12-18/h1-6,9-12H,7-8,13-16H2/t21-,22+. The molecule has 2 nitrogen and oxygen atoms in total. The molecule has 0 saturated heterocycles. The zero-order chi connectivity index (χ0) is 15.6. The predicted molar refractivity (Wildman–Crippen MR) is 95.5 cm³/mol. The van der Waals surface area contributed by atoms with Crippen LogP contribution in [0.3, 0.4) is 0 Å². The fourth-order valence-corrected chi connectivity index (χ4v) is 4.66. The zero-order valence-electron chi connectivity index (χ0n) is 12.6. The second-order valence-corrected chi connectivity index (χ2v) is 8.41. The molecule has 0 aliphatic carbocycles. The molecular weight excluding hydrogens is 312 g/mol. The van der Waals surface area contributed by atoms with Crippen molar-refractivity contribution in [3.05, 3.63) is 71.8 Å². The van der Waals surface area contributed by atoms with E-state index in [2.05, 4.69) is 0 Å². The van der Waals surface area contributed by atoms with E-state index in [0.717, 1.165) is 24.0 Å². The highest BCUT2D eigenvalue weighted by atomic mass is 32.2. The molecule has 0 unspecified atom stereocenters. The second kappa shape index (κ2) is 9.70. The van der Waals surface area contributed by atoms with Gasteiger partial charge in [-0.3, -0.25) is 8.42 Å². The number of hydrogen-bond donors (Lipinski definition) is 0. The smallest absolute Gasteiger partial charge is 0.0485 e. The summed E-state index contributed by atoms with van der Waals surface area (Å²) < 4.78 is 24.0. The Morgan fingerprint density at radius 3 is 1.32 bits per heavy atom. The number of hydrogen-bond acceptors (Lipinski definition) is 2. The number of benzene rings is 2. The van der Waals surface area contributed by atoms with Crippen LogP contribution >= 0.6 is 0 Å². The quantitative estimate of drug-likeness (QED) is 0.656. The van der Waals surface area contributed by atoms with Crippen LogP contribution in [0.25, 0.3) is 0 Å². The van der Waals surface area contributed by atoms with Crippen LogP contribution in [0.2, 0.25) is 0 Å². The van der Waals surface area contributed by atoms with E-state index in [1.165, 1.54) is 0 Å². The Hall–Kier alpha value is -1.26. The molecule has 22 heavy (non-hydrogen) atoms. The Labute approximate surface area is 137 Å². The van der Waals surface area contributed by atoms with Gasteiger partial charge in [0.2, 0.25) is 0 Å². The third kappa shape index (κ3) is 6.67. The summed E-state index contributed by atoms with van der Waals surface area (Å²) in [5.41, 5.74) is 2.24. The minimum absolute atomic E-state index is 0.619. The fourth-order valence-electron chi connectivity index (χ4n) is 2.19. The molecular formula is C18H22O2S2. The maximum absolute atomic E-state index is 12.0. The molecule has 0 fully saturated rings. The van der Waals surface area contributed by atoms with Gasteiger partial charge in [-0.1, -0.05) is 60.7 Å². The van der Waals surface area contributed by atoms with Crippen molar-refractivity contribution in [2.75, 3.05) is 11.5 Å². The highest BCUT2D eigenvalue weighted by molar-refractivity contribution is 7.84. The van der Waals surface area contributed by atoms with Gasteiger partial charge >= 0.3 is 0 Å². The first kappa shape index (κ1) is 17.1. The monoisotopic (exact) mass is 334 g/mol. The average Bonchev–Trinajstić information content (AvgIpc) is 2.53. The van der Waals surface area contributed by atoms with Crippen molar-refractivity contribution in [2.45, 2.75) is 24.3 Å². The van der Waals surface area contributed by atoms with Gasteiger partial charge in [0, 0.05) is 44.6 Å². The molecule has 2 aromatic carbocycles. The molecule has 2 aromatic rings. The molecule has 0 N–H and O–H groups in total. The summed E-state index contributed by atoms with van der Waals surface area (Å²) in [7, 11) is -1.65. The third-order valence-corrected chi connectivity index (χ3v) is 6.13. The van der Waals surface area contributed by atoms with Gasteiger partial charge in [-0.05, 0) is 24.0 Å². The summed E-state index contributed by atoms with van der Waals surface area (Å²) >= 11 is 0. The van der Waals surface area contributed by atoms with Crippen LogP contribution in [-0.4, -0.2) is 19.9 Å². The van der Waals surface area contributed by atoms with Crippen molar-refractivity contribution in [1.29, 1.82) is 0 Å². The lowest BCUT2D eigenvalue weighted by Crippen LogP contribution is -2.05. The Bertz CT molecular complexity index is 541. The van der Waals surface area contributed by atoms with Crippen LogP contribution in [0.4, 0.5) is 0 Å². The normalized spacial score (nSPS) is 13.6. The summed E-state index contributed by atoms with van der Waals surface area (Å²) in [6, 6.07) is 19.8. The molecule has 0 amide bonds. The predicted octanol–water partition coefficient (Wildman–Crippen LogP) is 3.66. The molecule has 0 saturated carbocycles. The summed E-state index contributed by atoms with van der Waals surface area (Å²) in [5.74, 6) is 2.62. The SMILES string of the molecule is O=[S@](CCCC[S@](=O)Cc1ccccc1)Cc1ccccc1. The summed E-state index contributed by atoms with van der Waals surface area (Å²) in [4.78, 5) is 0. The zero-order valence-corrected chi connectivity index (χ0v) is 14.3. The number of rotatable bonds is 9. The van der Waals surface area contributed by atoms with Crippen LogP contribution < -0.4 is 0 Å². The minimum atomic E-state index is -0.823. The van der Waals surface area contributed by atoms with E-state index in [1.54, 1.807) is 0 Å². The Morgan fingerprint density at radius 2 is 0.955 bits per heavy atom. The Balaban J connectivity index is 1.60. The van der Waals surface area contributed by atoms with Gasteiger partial charge in [0.05, 0.1) is 0 Å². The molecule has 4 heteroatoms. The van der Waals surface area contributed by atoms with E-state index < -0.39 is 21.6 Å². The van der Waals surface area contributed by atoms with E-state index >= 15 is 0 Å². The maximum Gasteiger partial charge on any atom is 0.0485 e. The highest BCUT2D eigenvalue weighted by Gasteiger charge is 2.04.